The topological polar surface area (TPSA) is 72.3 Å². The number of esters is 1. The zero-order valence-corrected chi connectivity index (χ0v) is 11.9. The molecule has 1 N–H and O–H groups in total. The van der Waals surface area contributed by atoms with Gasteiger partial charge in [-0.3, -0.25) is 4.79 Å². The van der Waals surface area contributed by atoms with Gasteiger partial charge in [0.1, 0.15) is 5.58 Å². The summed E-state index contributed by atoms with van der Waals surface area (Å²) in [5.41, 5.74) is 2.53. The summed E-state index contributed by atoms with van der Waals surface area (Å²) in [6.07, 6.45) is 0.106. The fourth-order valence-electron chi connectivity index (χ4n) is 2.43. The third kappa shape index (κ3) is 2.42. The molecule has 0 aliphatic carbocycles. The average molecular weight is 285 g/mol. The van der Waals surface area contributed by atoms with E-state index in [1.807, 2.05) is 19.1 Å². The number of nitrogens with one attached hydrogen (secondary N) is 1. The molecule has 0 amide bonds. The van der Waals surface area contributed by atoms with Crippen LogP contribution in [0.2, 0.25) is 0 Å². The van der Waals surface area contributed by atoms with Crippen LogP contribution >= 0.6 is 0 Å². The second-order valence-electron chi connectivity index (χ2n) is 4.95. The Labute approximate surface area is 120 Å². The van der Waals surface area contributed by atoms with Crippen LogP contribution in [0.15, 0.2) is 33.5 Å². The lowest BCUT2D eigenvalue weighted by Crippen LogP contribution is -2.07. The molecule has 0 atom stereocenters. The van der Waals surface area contributed by atoms with Gasteiger partial charge in [0.15, 0.2) is 0 Å². The van der Waals surface area contributed by atoms with Gasteiger partial charge in [-0.25, -0.2) is 4.79 Å². The molecule has 1 aromatic carbocycles. The highest BCUT2D eigenvalue weighted by molar-refractivity contribution is 6.02. The SMILES string of the molecule is CCOC(=O)Cc1cc2c(=O)oc3ccc(C)cc3c2[nH]1. The van der Waals surface area contributed by atoms with Crippen molar-refractivity contribution in [2.75, 3.05) is 6.61 Å². The number of benzene rings is 1. The van der Waals surface area contributed by atoms with E-state index in [4.69, 9.17) is 9.15 Å². The van der Waals surface area contributed by atoms with E-state index < -0.39 is 5.63 Å². The molecular formula is C16H15NO4. The van der Waals surface area contributed by atoms with Gasteiger partial charge in [0, 0.05) is 11.1 Å². The Balaban J connectivity index is 2.17. The van der Waals surface area contributed by atoms with Crippen molar-refractivity contribution in [1.82, 2.24) is 4.98 Å². The van der Waals surface area contributed by atoms with Crippen molar-refractivity contribution >= 4 is 27.8 Å². The summed E-state index contributed by atoms with van der Waals surface area (Å²) in [5.74, 6) is -0.325. The smallest absolute Gasteiger partial charge is 0.345 e. The van der Waals surface area contributed by atoms with E-state index in [1.165, 1.54) is 0 Å². The third-order valence-corrected chi connectivity index (χ3v) is 3.34. The van der Waals surface area contributed by atoms with Crippen LogP contribution in [0, 0.1) is 6.92 Å². The Morgan fingerprint density at radius 3 is 2.86 bits per heavy atom. The van der Waals surface area contributed by atoms with Crippen LogP contribution in [0.25, 0.3) is 21.9 Å². The van der Waals surface area contributed by atoms with Gasteiger partial charge < -0.3 is 14.1 Å². The van der Waals surface area contributed by atoms with E-state index >= 15 is 0 Å². The zero-order valence-electron chi connectivity index (χ0n) is 11.9. The first kappa shape index (κ1) is 13.4. The van der Waals surface area contributed by atoms with E-state index in [0.29, 0.717) is 28.8 Å². The highest BCUT2D eigenvalue weighted by Gasteiger charge is 2.13. The predicted octanol–water partition coefficient (Wildman–Crippen LogP) is 2.69. The van der Waals surface area contributed by atoms with Gasteiger partial charge in [-0.1, -0.05) is 11.6 Å². The highest BCUT2D eigenvalue weighted by Crippen LogP contribution is 2.24. The van der Waals surface area contributed by atoms with Crippen LogP contribution in [0.1, 0.15) is 18.2 Å². The molecule has 2 heterocycles. The summed E-state index contributed by atoms with van der Waals surface area (Å²) < 4.78 is 10.2. The number of H-pyrrole nitrogens is 1. The fraction of sp³-hybridized carbons (Fsp3) is 0.250. The standard InChI is InChI=1S/C16H15NO4/c1-3-20-14(18)8-10-7-12-15(17-10)11-6-9(2)4-5-13(11)21-16(12)19/h4-7,17H,3,8H2,1-2H3. The van der Waals surface area contributed by atoms with E-state index in [1.54, 1.807) is 19.1 Å². The summed E-state index contributed by atoms with van der Waals surface area (Å²) in [6, 6.07) is 7.27. The van der Waals surface area contributed by atoms with Gasteiger partial charge >= 0.3 is 11.6 Å². The van der Waals surface area contributed by atoms with E-state index in [0.717, 1.165) is 10.9 Å². The number of aromatic nitrogens is 1. The number of carbonyl (C=O) groups excluding carboxylic acids is 1. The number of fused-ring (bicyclic) bond motifs is 3. The summed E-state index contributed by atoms with van der Waals surface area (Å²) in [4.78, 5) is 26.7. The number of aryl methyl sites for hydroxylation is 1. The molecule has 0 aliphatic rings. The molecule has 5 heteroatoms. The molecule has 0 aliphatic heterocycles. The van der Waals surface area contributed by atoms with Crippen molar-refractivity contribution in [3.63, 3.8) is 0 Å². The molecule has 3 aromatic rings. The summed E-state index contributed by atoms with van der Waals surface area (Å²) >= 11 is 0. The maximum absolute atomic E-state index is 12.0. The fourth-order valence-corrected chi connectivity index (χ4v) is 2.43. The molecule has 0 bridgehead atoms. The molecule has 0 saturated heterocycles. The van der Waals surface area contributed by atoms with Gasteiger partial charge in [-0.05, 0) is 32.0 Å². The number of aromatic amines is 1. The number of ether oxygens (including phenoxy) is 1. The molecule has 0 saturated carbocycles. The normalized spacial score (nSPS) is 11.1. The zero-order chi connectivity index (χ0) is 15.0. The first-order valence-corrected chi connectivity index (χ1v) is 6.79. The van der Waals surface area contributed by atoms with Crippen molar-refractivity contribution in [3.8, 4) is 0 Å². The van der Waals surface area contributed by atoms with Crippen LogP contribution in [-0.2, 0) is 16.0 Å². The van der Waals surface area contributed by atoms with Crippen molar-refractivity contribution in [1.29, 1.82) is 0 Å². The largest absolute Gasteiger partial charge is 0.466 e. The molecule has 21 heavy (non-hydrogen) atoms. The third-order valence-electron chi connectivity index (χ3n) is 3.34. The van der Waals surface area contributed by atoms with Gasteiger partial charge in [-0.2, -0.15) is 0 Å². The van der Waals surface area contributed by atoms with E-state index in [9.17, 15) is 9.59 Å². The van der Waals surface area contributed by atoms with Gasteiger partial charge in [0.05, 0.1) is 23.9 Å². The molecule has 0 unspecified atom stereocenters. The molecule has 0 fully saturated rings. The van der Waals surface area contributed by atoms with Crippen LogP contribution < -0.4 is 5.63 Å². The Kier molecular flexibility index (Phi) is 3.25. The maximum Gasteiger partial charge on any atom is 0.345 e. The first-order chi connectivity index (χ1) is 10.1. The summed E-state index contributed by atoms with van der Waals surface area (Å²) in [7, 11) is 0. The number of carbonyl (C=O) groups is 1. The molecule has 5 nitrogen and oxygen atoms in total. The van der Waals surface area contributed by atoms with E-state index in [-0.39, 0.29) is 12.4 Å². The minimum absolute atomic E-state index is 0.106. The first-order valence-electron chi connectivity index (χ1n) is 6.79. The Morgan fingerprint density at radius 2 is 2.10 bits per heavy atom. The number of hydrogen-bond donors (Lipinski definition) is 1. The lowest BCUT2D eigenvalue weighted by molar-refractivity contribution is -0.142. The molecule has 2 aromatic heterocycles. The second kappa shape index (κ2) is 5.09. The molecular weight excluding hydrogens is 270 g/mol. The molecule has 0 spiro atoms. The summed E-state index contributed by atoms with van der Waals surface area (Å²) in [6.45, 7) is 4.07. The molecule has 3 rings (SSSR count). The maximum atomic E-state index is 12.0. The van der Waals surface area contributed by atoms with E-state index in [2.05, 4.69) is 4.98 Å². The monoisotopic (exact) mass is 285 g/mol. The predicted molar refractivity (Wildman–Crippen MR) is 79.4 cm³/mol. The van der Waals surface area contributed by atoms with Crippen LogP contribution in [0.5, 0.6) is 0 Å². The second-order valence-corrected chi connectivity index (χ2v) is 4.95. The van der Waals surface area contributed by atoms with Gasteiger partial charge in [-0.15, -0.1) is 0 Å². The Morgan fingerprint density at radius 1 is 1.29 bits per heavy atom. The Hall–Kier alpha value is -2.56. The lowest BCUT2D eigenvalue weighted by atomic mass is 10.1. The minimum atomic E-state index is -0.410. The van der Waals surface area contributed by atoms with Crippen molar-refractivity contribution in [2.24, 2.45) is 0 Å². The minimum Gasteiger partial charge on any atom is -0.466 e. The summed E-state index contributed by atoms with van der Waals surface area (Å²) in [5, 5.41) is 1.28. The van der Waals surface area contributed by atoms with Crippen LogP contribution in [-0.4, -0.2) is 17.6 Å². The highest BCUT2D eigenvalue weighted by atomic mass is 16.5. The van der Waals surface area contributed by atoms with Crippen molar-refractivity contribution in [3.05, 3.63) is 45.9 Å². The van der Waals surface area contributed by atoms with Crippen molar-refractivity contribution in [2.45, 2.75) is 20.3 Å². The number of rotatable bonds is 3. The molecule has 0 radical (unpaired) electrons. The molecule has 108 valence electrons. The van der Waals surface area contributed by atoms with Crippen molar-refractivity contribution < 1.29 is 13.9 Å². The number of hydrogen-bond acceptors (Lipinski definition) is 4. The van der Waals surface area contributed by atoms with Crippen LogP contribution in [0.3, 0.4) is 0 Å². The quantitative estimate of drug-likeness (QED) is 0.593. The van der Waals surface area contributed by atoms with Gasteiger partial charge in [0.2, 0.25) is 0 Å². The van der Waals surface area contributed by atoms with Gasteiger partial charge in [0.25, 0.3) is 0 Å². The lowest BCUT2D eigenvalue weighted by Gasteiger charge is -2.00. The average Bonchev–Trinajstić information content (AvgIpc) is 2.84. The van der Waals surface area contributed by atoms with Crippen LogP contribution in [0.4, 0.5) is 0 Å². The Bertz CT molecular complexity index is 888.